The van der Waals surface area contributed by atoms with Crippen molar-refractivity contribution in [3.8, 4) is 5.75 Å². The number of carbonyl (C=O) groups excluding carboxylic acids is 1. The van der Waals surface area contributed by atoms with Crippen molar-refractivity contribution in [2.75, 3.05) is 47.4 Å². The lowest BCUT2D eigenvalue weighted by Crippen LogP contribution is -2.46. The van der Waals surface area contributed by atoms with E-state index in [-0.39, 0.29) is 12.0 Å². The second-order valence-electron chi connectivity index (χ2n) is 5.56. The molecule has 21 heavy (non-hydrogen) atoms. The number of carbonyl (C=O) groups is 1. The van der Waals surface area contributed by atoms with Crippen molar-refractivity contribution in [3.05, 3.63) is 29.8 Å². The van der Waals surface area contributed by atoms with Gasteiger partial charge in [-0.15, -0.1) is 0 Å². The maximum absolute atomic E-state index is 12.3. The van der Waals surface area contributed by atoms with Gasteiger partial charge in [-0.05, 0) is 24.7 Å². The van der Waals surface area contributed by atoms with E-state index in [4.69, 9.17) is 9.47 Å². The summed E-state index contributed by atoms with van der Waals surface area (Å²) in [6.07, 6.45) is 0.485. The number of morpholine rings is 1. The van der Waals surface area contributed by atoms with Crippen LogP contribution in [0.4, 0.5) is 0 Å². The number of likely N-dealkylation sites (N-methyl/N-ethyl adjacent to an activating group) is 2. The summed E-state index contributed by atoms with van der Waals surface area (Å²) in [7, 11) is 5.54. The van der Waals surface area contributed by atoms with Gasteiger partial charge in [-0.3, -0.25) is 4.79 Å². The normalized spacial score (nSPS) is 19.3. The van der Waals surface area contributed by atoms with Gasteiger partial charge in [0.05, 0.1) is 26.2 Å². The van der Waals surface area contributed by atoms with Crippen molar-refractivity contribution in [1.82, 2.24) is 9.80 Å². The van der Waals surface area contributed by atoms with Crippen LogP contribution in [0.2, 0.25) is 0 Å². The second-order valence-corrected chi connectivity index (χ2v) is 5.56. The number of methoxy groups -OCH3 is 1. The summed E-state index contributed by atoms with van der Waals surface area (Å²) in [4.78, 5) is 16.3. The molecule has 2 rings (SSSR count). The largest absolute Gasteiger partial charge is 0.497 e. The maximum atomic E-state index is 12.3. The van der Waals surface area contributed by atoms with E-state index >= 15 is 0 Å². The zero-order chi connectivity index (χ0) is 15.2. The van der Waals surface area contributed by atoms with Crippen molar-refractivity contribution < 1.29 is 14.3 Å². The Morgan fingerprint density at radius 2 is 2.33 bits per heavy atom. The van der Waals surface area contributed by atoms with E-state index in [1.807, 2.05) is 31.3 Å². The molecule has 0 N–H and O–H groups in total. The summed E-state index contributed by atoms with van der Waals surface area (Å²) in [5.41, 5.74) is 0.966. The number of ether oxygens (including phenoxy) is 2. The molecule has 0 aliphatic carbocycles. The van der Waals surface area contributed by atoms with Gasteiger partial charge in [0.25, 0.3) is 0 Å². The zero-order valence-electron chi connectivity index (χ0n) is 13.0. The lowest BCUT2D eigenvalue weighted by atomic mass is 10.1. The SMILES string of the molecule is COc1cccc(CC(=O)N(C)CC2CN(C)CCO2)c1. The third kappa shape index (κ3) is 4.72. The highest BCUT2D eigenvalue weighted by molar-refractivity contribution is 5.78. The maximum Gasteiger partial charge on any atom is 0.226 e. The fourth-order valence-electron chi connectivity index (χ4n) is 2.48. The third-order valence-corrected chi connectivity index (χ3v) is 3.73. The Morgan fingerprint density at radius 1 is 1.52 bits per heavy atom. The van der Waals surface area contributed by atoms with E-state index in [9.17, 15) is 4.79 Å². The van der Waals surface area contributed by atoms with Crippen LogP contribution in [-0.4, -0.2) is 69.3 Å². The molecule has 0 aromatic heterocycles. The minimum absolute atomic E-state index is 0.0973. The van der Waals surface area contributed by atoms with Gasteiger partial charge in [0, 0.05) is 26.7 Å². The van der Waals surface area contributed by atoms with E-state index in [1.165, 1.54) is 0 Å². The van der Waals surface area contributed by atoms with Gasteiger partial charge in [0.1, 0.15) is 5.75 Å². The first-order valence-electron chi connectivity index (χ1n) is 7.25. The highest BCUT2D eigenvalue weighted by Gasteiger charge is 2.21. The summed E-state index contributed by atoms with van der Waals surface area (Å²) in [5.74, 6) is 0.875. The van der Waals surface area contributed by atoms with Crippen LogP contribution < -0.4 is 4.74 Å². The molecule has 1 atom stereocenters. The summed E-state index contributed by atoms with van der Waals surface area (Å²) >= 11 is 0. The van der Waals surface area contributed by atoms with Crippen LogP contribution in [-0.2, 0) is 16.0 Å². The van der Waals surface area contributed by atoms with Crippen molar-refractivity contribution in [3.63, 3.8) is 0 Å². The first-order valence-corrected chi connectivity index (χ1v) is 7.25. The van der Waals surface area contributed by atoms with Crippen LogP contribution in [0, 0.1) is 0 Å². The Morgan fingerprint density at radius 3 is 3.05 bits per heavy atom. The third-order valence-electron chi connectivity index (χ3n) is 3.73. The van der Waals surface area contributed by atoms with Gasteiger partial charge in [-0.2, -0.15) is 0 Å². The molecule has 1 aromatic rings. The Kier molecular flexibility index (Phi) is 5.59. The first-order chi connectivity index (χ1) is 10.1. The van der Waals surface area contributed by atoms with E-state index in [1.54, 1.807) is 12.0 Å². The lowest BCUT2D eigenvalue weighted by molar-refractivity contribution is -0.132. The van der Waals surface area contributed by atoms with Crippen LogP contribution >= 0.6 is 0 Å². The number of amides is 1. The number of hydrogen-bond acceptors (Lipinski definition) is 4. The molecule has 1 fully saturated rings. The Hall–Kier alpha value is -1.59. The predicted molar refractivity (Wildman–Crippen MR) is 81.6 cm³/mol. The fraction of sp³-hybridized carbons (Fsp3) is 0.562. The molecule has 1 unspecified atom stereocenters. The Bertz CT molecular complexity index is 478. The van der Waals surface area contributed by atoms with Crippen LogP contribution in [0.3, 0.4) is 0 Å². The van der Waals surface area contributed by atoms with Crippen molar-refractivity contribution in [1.29, 1.82) is 0 Å². The van der Waals surface area contributed by atoms with E-state index in [0.29, 0.717) is 13.0 Å². The second kappa shape index (κ2) is 7.43. The van der Waals surface area contributed by atoms with Gasteiger partial charge < -0.3 is 19.3 Å². The number of benzene rings is 1. The van der Waals surface area contributed by atoms with E-state index < -0.39 is 0 Å². The minimum atomic E-state index is 0.0973. The molecular formula is C16H24N2O3. The average molecular weight is 292 g/mol. The molecule has 1 saturated heterocycles. The first kappa shape index (κ1) is 15.8. The van der Waals surface area contributed by atoms with Crippen LogP contribution in [0.25, 0.3) is 0 Å². The molecule has 5 heteroatoms. The van der Waals surface area contributed by atoms with Crippen LogP contribution in [0.15, 0.2) is 24.3 Å². The van der Waals surface area contributed by atoms with Gasteiger partial charge in [-0.1, -0.05) is 12.1 Å². The standard InChI is InChI=1S/C16H24N2O3/c1-17-7-8-21-15(11-17)12-18(2)16(19)10-13-5-4-6-14(9-13)20-3/h4-6,9,15H,7-8,10-12H2,1-3H3. The molecular weight excluding hydrogens is 268 g/mol. The minimum Gasteiger partial charge on any atom is -0.497 e. The zero-order valence-corrected chi connectivity index (χ0v) is 13.0. The number of nitrogens with zero attached hydrogens (tertiary/aromatic N) is 2. The van der Waals surface area contributed by atoms with Crippen LogP contribution in [0.5, 0.6) is 5.75 Å². The Balaban J connectivity index is 1.86. The molecule has 1 aliphatic rings. The van der Waals surface area contributed by atoms with Crippen molar-refractivity contribution in [2.45, 2.75) is 12.5 Å². The molecule has 0 radical (unpaired) electrons. The highest BCUT2D eigenvalue weighted by Crippen LogP contribution is 2.14. The smallest absolute Gasteiger partial charge is 0.226 e. The molecule has 116 valence electrons. The molecule has 1 amide bonds. The van der Waals surface area contributed by atoms with E-state index in [2.05, 4.69) is 11.9 Å². The van der Waals surface area contributed by atoms with Gasteiger partial charge in [0.2, 0.25) is 5.91 Å². The number of hydrogen-bond donors (Lipinski definition) is 0. The lowest BCUT2D eigenvalue weighted by Gasteiger charge is -2.32. The van der Waals surface area contributed by atoms with Crippen molar-refractivity contribution in [2.24, 2.45) is 0 Å². The summed E-state index contributed by atoms with van der Waals surface area (Å²) < 4.78 is 10.9. The molecule has 1 aromatic carbocycles. The molecule has 1 heterocycles. The summed E-state index contributed by atoms with van der Waals surface area (Å²) in [6, 6.07) is 7.62. The summed E-state index contributed by atoms with van der Waals surface area (Å²) in [6.45, 7) is 3.20. The quantitative estimate of drug-likeness (QED) is 0.813. The van der Waals surface area contributed by atoms with Crippen LogP contribution in [0.1, 0.15) is 5.56 Å². The molecule has 0 saturated carbocycles. The van der Waals surface area contributed by atoms with Gasteiger partial charge in [-0.25, -0.2) is 0 Å². The van der Waals surface area contributed by atoms with Crippen molar-refractivity contribution >= 4 is 5.91 Å². The molecule has 1 aliphatic heterocycles. The molecule has 0 spiro atoms. The average Bonchev–Trinajstić information content (AvgIpc) is 2.47. The molecule has 5 nitrogen and oxygen atoms in total. The summed E-state index contributed by atoms with van der Waals surface area (Å²) in [5, 5.41) is 0. The topological polar surface area (TPSA) is 42.0 Å². The Labute approximate surface area is 126 Å². The van der Waals surface area contributed by atoms with Gasteiger partial charge in [0.15, 0.2) is 0 Å². The predicted octanol–water partition coefficient (Wildman–Crippen LogP) is 1.03. The van der Waals surface area contributed by atoms with E-state index in [0.717, 1.165) is 31.0 Å². The van der Waals surface area contributed by atoms with Gasteiger partial charge >= 0.3 is 0 Å². The fourth-order valence-corrected chi connectivity index (χ4v) is 2.48. The highest BCUT2D eigenvalue weighted by atomic mass is 16.5. The molecule has 0 bridgehead atoms. The monoisotopic (exact) mass is 292 g/mol. The number of rotatable bonds is 5.